The SMILES string of the molecule is CNC(=O)/C(C#N)=C1/S[C@@H](Cc2ccc(Cl)c(Cl)c2)C(=O)N1c1ccc(C)cc1. The van der Waals surface area contributed by atoms with Gasteiger partial charge >= 0.3 is 0 Å². The van der Waals surface area contributed by atoms with E-state index in [1.807, 2.05) is 31.2 Å². The molecule has 0 bridgehead atoms. The molecule has 1 aliphatic rings. The van der Waals surface area contributed by atoms with Gasteiger partial charge in [-0.15, -0.1) is 0 Å². The summed E-state index contributed by atoms with van der Waals surface area (Å²) in [5.74, 6) is -0.730. The maximum absolute atomic E-state index is 13.3. The summed E-state index contributed by atoms with van der Waals surface area (Å²) in [7, 11) is 1.45. The first-order valence-corrected chi connectivity index (χ1v) is 10.4. The van der Waals surface area contributed by atoms with Crippen molar-refractivity contribution in [2.24, 2.45) is 0 Å². The number of carbonyl (C=O) groups excluding carboxylic acids is 2. The second-order valence-electron chi connectivity index (χ2n) is 6.44. The van der Waals surface area contributed by atoms with Crippen molar-refractivity contribution < 1.29 is 9.59 Å². The first-order valence-electron chi connectivity index (χ1n) is 8.73. The monoisotopic (exact) mass is 445 g/mol. The third kappa shape index (κ3) is 4.43. The van der Waals surface area contributed by atoms with Crippen LogP contribution in [0.1, 0.15) is 11.1 Å². The van der Waals surface area contributed by atoms with Crippen LogP contribution in [0.15, 0.2) is 53.1 Å². The maximum Gasteiger partial charge on any atom is 0.264 e. The lowest BCUT2D eigenvalue weighted by Gasteiger charge is -2.18. The van der Waals surface area contributed by atoms with E-state index >= 15 is 0 Å². The Hall–Kier alpha value is -2.46. The number of thioether (sulfide) groups is 1. The molecule has 5 nitrogen and oxygen atoms in total. The van der Waals surface area contributed by atoms with Gasteiger partial charge in [-0.25, -0.2) is 0 Å². The van der Waals surface area contributed by atoms with E-state index in [1.54, 1.807) is 24.3 Å². The lowest BCUT2D eigenvalue weighted by atomic mass is 10.1. The van der Waals surface area contributed by atoms with E-state index < -0.39 is 11.2 Å². The van der Waals surface area contributed by atoms with Gasteiger partial charge in [-0.3, -0.25) is 14.5 Å². The molecule has 2 aromatic carbocycles. The Bertz CT molecular complexity index is 1040. The van der Waals surface area contributed by atoms with E-state index in [-0.39, 0.29) is 11.5 Å². The number of carbonyl (C=O) groups is 2. The van der Waals surface area contributed by atoms with Crippen LogP contribution >= 0.6 is 35.0 Å². The van der Waals surface area contributed by atoms with Crippen molar-refractivity contribution in [3.63, 3.8) is 0 Å². The molecule has 1 saturated heterocycles. The number of benzene rings is 2. The number of halogens is 2. The minimum Gasteiger partial charge on any atom is -0.354 e. The molecule has 148 valence electrons. The summed E-state index contributed by atoms with van der Waals surface area (Å²) in [5.41, 5.74) is 2.39. The van der Waals surface area contributed by atoms with Crippen molar-refractivity contribution in [2.75, 3.05) is 11.9 Å². The molecule has 0 spiro atoms. The van der Waals surface area contributed by atoms with E-state index in [9.17, 15) is 14.9 Å². The molecule has 0 aromatic heterocycles. The number of hydrogen-bond acceptors (Lipinski definition) is 4. The largest absolute Gasteiger partial charge is 0.354 e. The van der Waals surface area contributed by atoms with Crippen molar-refractivity contribution in [2.45, 2.75) is 18.6 Å². The van der Waals surface area contributed by atoms with E-state index in [1.165, 1.54) is 23.7 Å². The van der Waals surface area contributed by atoms with Gasteiger partial charge < -0.3 is 5.32 Å². The summed E-state index contributed by atoms with van der Waals surface area (Å²) in [4.78, 5) is 26.9. The fraction of sp³-hybridized carbons (Fsp3) is 0.190. The molecule has 0 saturated carbocycles. The molecular weight excluding hydrogens is 429 g/mol. The predicted octanol–water partition coefficient (Wildman–Crippen LogP) is 4.47. The number of likely N-dealkylation sites (N-methyl/N-ethyl adjacent to an activating group) is 1. The Kier molecular flexibility index (Phi) is 6.53. The topological polar surface area (TPSA) is 73.2 Å². The Morgan fingerprint density at radius 1 is 1.21 bits per heavy atom. The molecule has 1 heterocycles. The van der Waals surface area contributed by atoms with Crippen molar-refractivity contribution in [3.8, 4) is 6.07 Å². The third-order valence-electron chi connectivity index (χ3n) is 4.43. The number of aryl methyl sites for hydroxylation is 1. The van der Waals surface area contributed by atoms with Gasteiger partial charge in [0.05, 0.1) is 15.3 Å². The number of nitriles is 1. The lowest BCUT2D eigenvalue weighted by Crippen LogP contribution is -2.31. The van der Waals surface area contributed by atoms with Crippen LogP contribution in [0.2, 0.25) is 10.0 Å². The van der Waals surface area contributed by atoms with Crippen LogP contribution in [-0.2, 0) is 16.0 Å². The number of amides is 2. The van der Waals surface area contributed by atoms with Gasteiger partial charge in [-0.2, -0.15) is 5.26 Å². The van der Waals surface area contributed by atoms with Gasteiger partial charge in [0.2, 0.25) is 5.91 Å². The molecule has 29 heavy (non-hydrogen) atoms. The van der Waals surface area contributed by atoms with Gasteiger partial charge in [0.15, 0.2) is 0 Å². The van der Waals surface area contributed by atoms with Crippen molar-refractivity contribution in [1.29, 1.82) is 5.26 Å². The Labute approximate surface area is 183 Å². The molecule has 1 N–H and O–H groups in total. The highest BCUT2D eigenvalue weighted by Gasteiger charge is 2.40. The molecule has 2 amide bonds. The summed E-state index contributed by atoms with van der Waals surface area (Å²) >= 11 is 13.3. The molecule has 1 fully saturated rings. The van der Waals surface area contributed by atoms with Gasteiger partial charge in [-0.05, 0) is 43.2 Å². The zero-order valence-electron chi connectivity index (χ0n) is 15.7. The normalized spacial score (nSPS) is 17.8. The zero-order valence-corrected chi connectivity index (χ0v) is 18.0. The first-order chi connectivity index (χ1) is 13.8. The highest BCUT2D eigenvalue weighted by Crippen LogP contribution is 2.42. The first kappa shape index (κ1) is 21.3. The van der Waals surface area contributed by atoms with E-state index in [0.717, 1.165) is 11.1 Å². The van der Waals surface area contributed by atoms with Gasteiger partial charge in [-0.1, -0.05) is 58.7 Å². The molecule has 8 heteroatoms. The zero-order chi connectivity index (χ0) is 21.1. The van der Waals surface area contributed by atoms with Crippen LogP contribution in [0.25, 0.3) is 0 Å². The molecule has 0 radical (unpaired) electrons. The van der Waals surface area contributed by atoms with Gasteiger partial charge in [0, 0.05) is 12.7 Å². The molecular formula is C21H17Cl2N3O2S. The smallest absolute Gasteiger partial charge is 0.264 e. The van der Waals surface area contributed by atoms with Crippen molar-refractivity contribution in [1.82, 2.24) is 5.32 Å². The van der Waals surface area contributed by atoms with Crippen LogP contribution in [0.3, 0.4) is 0 Å². The predicted molar refractivity (Wildman–Crippen MR) is 117 cm³/mol. The highest BCUT2D eigenvalue weighted by molar-refractivity contribution is 8.05. The average molecular weight is 446 g/mol. The van der Waals surface area contributed by atoms with E-state index in [4.69, 9.17) is 23.2 Å². The minimum absolute atomic E-state index is 0.0944. The van der Waals surface area contributed by atoms with E-state index in [0.29, 0.717) is 27.2 Å². The molecule has 1 atom stereocenters. The molecule has 2 aromatic rings. The molecule has 1 aliphatic heterocycles. The Balaban J connectivity index is 2.03. The quantitative estimate of drug-likeness (QED) is 0.556. The standard InChI is InChI=1S/C21H17Cl2N3O2S/c1-12-3-6-14(7-4-12)26-20(28)18(10-13-5-8-16(22)17(23)9-13)29-21(26)15(11-24)19(27)25-2/h3-9,18H,10H2,1-2H3,(H,25,27)/b21-15+/t18-/m0/s1. The van der Waals surface area contributed by atoms with Gasteiger partial charge in [0.1, 0.15) is 16.7 Å². The Morgan fingerprint density at radius 3 is 2.48 bits per heavy atom. The summed E-state index contributed by atoms with van der Waals surface area (Å²) in [6.45, 7) is 1.94. The Morgan fingerprint density at radius 2 is 1.90 bits per heavy atom. The number of nitrogens with one attached hydrogen (secondary N) is 1. The molecule has 0 aliphatic carbocycles. The third-order valence-corrected chi connectivity index (χ3v) is 6.43. The van der Waals surface area contributed by atoms with Crippen LogP contribution < -0.4 is 10.2 Å². The summed E-state index contributed by atoms with van der Waals surface area (Å²) in [5, 5.41) is 12.7. The number of hydrogen-bond donors (Lipinski definition) is 1. The molecule has 3 rings (SSSR count). The second-order valence-corrected chi connectivity index (χ2v) is 8.45. The summed E-state index contributed by atoms with van der Waals surface area (Å²) < 4.78 is 0. The lowest BCUT2D eigenvalue weighted by molar-refractivity contribution is -0.117. The van der Waals surface area contributed by atoms with Crippen LogP contribution in [0, 0.1) is 18.3 Å². The van der Waals surface area contributed by atoms with Crippen LogP contribution in [-0.4, -0.2) is 24.1 Å². The summed E-state index contributed by atoms with van der Waals surface area (Å²) in [6.07, 6.45) is 0.388. The molecule has 0 unspecified atom stereocenters. The van der Waals surface area contributed by atoms with Crippen molar-refractivity contribution in [3.05, 3.63) is 74.2 Å². The fourth-order valence-electron chi connectivity index (χ4n) is 2.92. The summed E-state index contributed by atoms with van der Waals surface area (Å²) in [6, 6.07) is 14.5. The maximum atomic E-state index is 13.3. The second kappa shape index (κ2) is 8.91. The van der Waals surface area contributed by atoms with Crippen LogP contribution in [0.4, 0.5) is 5.69 Å². The van der Waals surface area contributed by atoms with E-state index in [2.05, 4.69) is 5.32 Å². The minimum atomic E-state index is -0.532. The van der Waals surface area contributed by atoms with Crippen molar-refractivity contribution >= 4 is 52.5 Å². The number of nitrogens with zero attached hydrogens (tertiary/aromatic N) is 2. The number of rotatable bonds is 4. The number of anilines is 1. The fourth-order valence-corrected chi connectivity index (χ4v) is 4.55. The van der Waals surface area contributed by atoms with Gasteiger partial charge in [0.25, 0.3) is 5.91 Å². The average Bonchev–Trinajstić information content (AvgIpc) is 3.01. The highest BCUT2D eigenvalue weighted by atomic mass is 35.5. The van der Waals surface area contributed by atoms with Crippen LogP contribution in [0.5, 0.6) is 0 Å².